The fourth-order valence-electron chi connectivity index (χ4n) is 4.31. The standard InChI is InChI=1S/C30H20FNO4/c1-36-30(35)22-16-17-32-24(18-22)26(28(33)20-8-4-2-5-9-20)25(19-12-14-23(31)15-13-19)27(32)29(34)21-10-6-3-7-11-21/h2-18H,1H3. The molecule has 0 unspecified atom stereocenters. The van der Waals surface area contributed by atoms with E-state index in [-0.39, 0.29) is 28.4 Å². The zero-order valence-corrected chi connectivity index (χ0v) is 19.3. The van der Waals surface area contributed by atoms with Crippen molar-refractivity contribution in [3.05, 3.63) is 137 Å². The number of fused-ring (bicyclic) bond motifs is 1. The maximum Gasteiger partial charge on any atom is 0.337 e. The van der Waals surface area contributed by atoms with E-state index in [2.05, 4.69) is 0 Å². The molecule has 36 heavy (non-hydrogen) atoms. The Hall–Kier alpha value is -4.84. The lowest BCUT2D eigenvalue weighted by Gasteiger charge is -2.09. The largest absolute Gasteiger partial charge is 0.465 e. The van der Waals surface area contributed by atoms with E-state index in [9.17, 15) is 18.8 Å². The summed E-state index contributed by atoms with van der Waals surface area (Å²) in [7, 11) is 1.27. The average Bonchev–Trinajstić information content (AvgIpc) is 3.27. The van der Waals surface area contributed by atoms with Gasteiger partial charge in [-0.2, -0.15) is 0 Å². The van der Waals surface area contributed by atoms with E-state index < -0.39 is 11.8 Å². The molecule has 0 aliphatic rings. The molecule has 176 valence electrons. The maximum absolute atomic E-state index is 13.9. The Morgan fingerprint density at radius 3 is 1.89 bits per heavy atom. The third kappa shape index (κ3) is 3.99. The monoisotopic (exact) mass is 477 g/mol. The highest BCUT2D eigenvalue weighted by molar-refractivity contribution is 6.23. The molecule has 5 nitrogen and oxygen atoms in total. The van der Waals surface area contributed by atoms with Gasteiger partial charge < -0.3 is 9.14 Å². The summed E-state index contributed by atoms with van der Waals surface area (Å²) in [5, 5.41) is 0. The van der Waals surface area contributed by atoms with Crippen LogP contribution in [0.5, 0.6) is 0 Å². The van der Waals surface area contributed by atoms with Gasteiger partial charge in [-0.1, -0.05) is 72.8 Å². The molecule has 0 bridgehead atoms. The molecular weight excluding hydrogens is 457 g/mol. The van der Waals surface area contributed by atoms with Gasteiger partial charge in [0.25, 0.3) is 0 Å². The van der Waals surface area contributed by atoms with Gasteiger partial charge in [0.05, 0.1) is 23.8 Å². The first-order chi connectivity index (χ1) is 17.5. The maximum atomic E-state index is 13.9. The van der Waals surface area contributed by atoms with Gasteiger partial charge in [0, 0.05) is 22.9 Å². The van der Waals surface area contributed by atoms with Crippen LogP contribution in [0, 0.1) is 5.82 Å². The lowest BCUT2D eigenvalue weighted by Crippen LogP contribution is -2.08. The second kappa shape index (κ2) is 9.43. The van der Waals surface area contributed by atoms with Crippen molar-refractivity contribution in [2.45, 2.75) is 0 Å². The molecule has 6 heteroatoms. The number of benzene rings is 3. The first kappa shape index (κ1) is 22.9. The number of ketones is 2. The normalized spacial score (nSPS) is 10.8. The molecule has 0 aliphatic heterocycles. The lowest BCUT2D eigenvalue weighted by atomic mass is 9.92. The number of aromatic nitrogens is 1. The number of methoxy groups -OCH3 is 1. The van der Waals surface area contributed by atoms with Crippen molar-refractivity contribution < 1.29 is 23.5 Å². The van der Waals surface area contributed by atoms with E-state index in [0.29, 0.717) is 27.8 Å². The Labute approximate surface area is 206 Å². The number of rotatable bonds is 6. The summed E-state index contributed by atoms with van der Waals surface area (Å²) in [6.07, 6.45) is 1.58. The highest BCUT2D eigenvalue weighted by atomic mass is 19.1. The SMILES string of the molecule is COC(=O)c1ccn2c(C(=O)c3ccccc3)c(-c3ccc(F)cc3)c(C(=O)c3ccccc3)c2c1. The van der Waals surface area contributed by atoms with Crippen molar-refractivity contribution in [2.75, 3.05) is 7.11 Å². The summed E-state index contributed by atoms with van der Waals surface area (Å²) in [4.78, 5) is 40.1. The van der Waals surface area contributed by atoms with Gasteiger partial charge in [-0.3, -0.25) is 9.59 Å². The number of hydrogen-bond acceptors (Lipinski definition) is 4. The summed E-state index contributed by atoms with van der Waals surface area (Å²) in [5.41, 5.74) is 2.76. The number of hydrogen-bond donors (Lipinski definition) is 0. The predicted molar refractivity (Wildman–Crippen MR) is 134 cm³/mol. The third-order valence-electron chi connectivity index (χ3n) is 6.01. The third-order valence-corrected chi connectivity index (χ3v) is 6.01. The second-order valence-electron chi connectivity index (χ2n) is 8.16. The molecular formula is C30H20FNO4. The predicted octanol–water partition coefficient (Wildman–Crippen LogP) is 5.99. The fourth-order valence-corrected chi connectivity index (χ4v) is 4.31. The van der Waals surface area contributed by atoms with E-state index in [0.717, 1.165) is 0 Å². The van der Waals surface area contributed by atoms with Crippen LogP contribution in [0.25, 0.3) is 16.6 Å². The summed E-state index contributed by atoms with van der Waals surface area (Å²) < 4.78 is 20.3. The van der Waals surface area contributed by atoms with Crippen LogP contribution in [0.3, 0.4) is 0 Å². The van der Waals surface area contributed by atoms with Gasteiger partial charge in [0.1, 0.15) is 11.5 Å². The topological polar surface area (TPSA) is 64.8 Å². The average molecular weight is 477 g/mol. The van der Waals surface area contributed by atoms with Crippen LogP contribution >= 0.6 is 0 Å². The highest BCUT2D eigenvalue weighted by Gasteiger charge is 2.30. The van der Waals surface area contributed by atoms with Gasteiger partial charge in [-0.15, -0.1) is 0 Å². The van der Waals surface area contributed by atoms with E-state index in [4.69, 9.17) is 4.74 Å². The second-order valence-corrected chi connectivity index (χ2v) is 8.16. The molecule has 0 saturated heterocycles. The number of nitrogens with zero attached hydrogens (tertiary/aromatic N) is 1. The molecule has 0 fully saturated rings. The molecule has 5 aromatic rings. The number of pyridine rings is 1. The van der Waals surface area contributed by atoms with Crippen molar-refractivity contribution >= 4 is 23.1 Å². The molecule has 0 N–H and O–H groups in total. The van der Waals surface area contributed by atoms with E-state index in [1.807, 2.05) is 0 Å². The van der Waals surface area contributed by atoms with Crippen LogP contribution in [0.2, 0.25) is 0 Å². The zero-order valence-electron chi connectivity index (χ0n) is 19.3. The minimum Gasteiger partial charge on any atom is -0.465 e. The van der Waals surface area contributed by atoms with Gasteiger partial charge >= 0.3 is 5.97 Å². The van der Waals surface area contributed by atoms with Crippen LogP contribution in [-0.2, 0) is 4.74 Å². The molecule has 2 heterocycles. The van der Waals surface area contributed by atoms with E-state index in [1.54, 1.807) is 71.3 Å². The Morgan fingerprint density at radius 1 is 0.722 bits per heavy atom. The first-order valence-corrected chi connectivity index (χ1v) is 11.2. The van der Waals surface area contributed by atoms with Crippen molar-refractivity contribution in [1.82, 2.24) is 4.40 Å². The number of esters is 1. The molecule has 0 amide bonds. The number of carbonyl (C=O) groups is 3. The molecule has 2 aromatic heterocycles. The highest BCUT2D eigenvalue weighted by Crippen LogP contribution is 2.37. The molecule has 0 saturated carbocycles. The number of carbonyl (C=O) groups excluding carboxylic acids is 3. The van der Waals surface area contributed by atoms with Crippen molar-refractivity contribution in [2.24, 2.45) is 0 Å². The van der Waals surface area contributed by atoms with Gasteiger partial charge in [0.2, 0.25) is 5.78 Å². The summed E-state index contributed by atoms with van der Waals surface area (Å²) in [6.45, 7) is 0. The van der Waals surface area contributed by atoms with E-state index >= 15 is 0 Å². The first-order valence-electron chi connectivity index (χ1n) is 11.2. The quantitative estimate of drug-likeness (QED) is 0.222. The van der Waals surface area contributed by atoms with Crippen LogP contribution in [-0.4, -0.2) is 29.0 Å². The lowest BCUT2D eigenvalue weighted by molar-refractivity contribution is 0.0600. The molecule has 0 aliphatic carbocycles. The van der Waals surface area contributed by atoms with Gasteiger partial charge in [0.15, 0.2) is 5.78 Å². The summed E-state index contributed by atoms with van der Waals surface area (Å²) in [6, 6.07) is 26.1. The number of halogens is 1. The Bertz CT molecular complexity index is 1600. The smallest absolute Gasteiger partial charge is 0.337 e. The molecule has 3 aromatic carbocycles. The number of ether oxygens (including phenoxy) is 1. The molecule has 0 radical (unpaired) electrons. The Kier molecular flexibility index (Phi) is 6.00. The van der Waals surface area contributed by atoms with Crippen LogP contribution < -0.4 is 0 Å². The zero-order chi connectivity index (χ0) is 25.2. The van der Waals surface area contributed by atoms with E-state index in [1.165, 1.54) is 43.5 Å². The minimum absolute atomic E-state index is 0.231. The molecule has 0 spiro atoms. The van der Waals surface area contributed by atoms with Gasteiger partial charge in [-0.05, 0) is 29.8 Å². The minimum atomic E-state index is -0.573. The summed E-state index contributed by atoms with van der Waals surface area (Å²) in [5.74, 6) is -1.66. The molecule has 0 atom stereocenters. The van der Waals surface area contributed by atoms with Crippen molar-refractivity contribution in [1.29, 1.82) is 0 Å². The van der Waals surface area contributed by atoms with Crippen LogP contribution in [0.15, 0.2) is 103 Å². The van der Waals surface area contributed by atoms with Crippen molar-refractivity contribution in [3.63, 3.8) is 0 Å². The van der Waals surface area contributed by atoms with Crippen LogP contribution in [0.1, 0.15) is 42.3 Å². The van der Waals surface area contributed by atoms with Gasteiger partial charge in [-0.25, -0.2) is 9.18 Å². The Balaban J connectivity index is 1.90. The Morgan fingerprint density at radius 2 is 1.31 bits per heavy atom. The molecule has 5 rings (SSSR count). The van der Waals surface area contributed by atoms with Crippen LogP contribution in [0.4, 0.5) is 4.39 Å². The van der Waals surface area contributed by atoms with Crippen molar-refractivity contribution in [3.8, 4) is 11.1 Å². The summed E-state index contributed by atoms with van der Waals surface area (Å²) >= 11 is 0. The fraction of sp³-hybridized carbons (Fsp3) is 0.0333.